The summed E-state index contributed by atoms with van der Waals surface area (Å²) in [6.07, 6.45) is 1.63. The summed E-state index contributed by atoms with van der Waals surface area (Å²) in [6, 6.07) is 4.13. The molecule has 0 radical (unpaired) electrons. The van der Waals surface area contributed by atoms with Crippen LogP contribution in [0, 0.1) is 18.2 Å². The molecular weight excluding hydrogens is 259 g/mol. The Morgan fingerprint density at radius 1 is 1.40 bits per heavy atom. The van der Waals surface area contributed by atoms with Gasteiger partial charge in [-0.2, -0.15) is 0 Å². The minimum atomic E-state index is -0.308. The molecule has 0 atom stereocenters. The van der Waals surface area contributed by atoms with Crippen LogP contribution in [0.25, 0.3) is 0 Å². The summed E-state index contributed by atoms with van der Waals surface area (Å²) in [5.74, 6) is -0.290. The third-order valence-electron chi connectivity index (χ3n) is 3.16. The summed E-state index contributed by atoms with van der Waals surface area (Å²) in [4.78, 5) is 11.6. The summed E-state index contributed by atoms with van der Waals surface area (Å²) in [5.41, 5.74) is 0.941. The molecular formula is C15H23FN2O2. The first kappa shape index (κ1) is 16.4. The third kappa shape index (κ3) is 5.57. The molecule has 0 fully saturated rings. The minimum absolute atomic E-state index is 0.119. The molecule has 3 N–H and O–H groups in total. The molecule has 2 amide bonds. The van der Waals surface area contributed by atoms with Gasteiger partial charge in [-0.15, -0.1) is 0 Å². The molecule has 5 heteroatoms. The SMILES string of the molecule is Cc1cc(NC(=O)NCCCC(C)(C)CO)ccc1F. The fourth-order valence-electron chi connectivity index (χ4n) is 1.75. The largest absolute Gasteiger partial charge is 0.396 e. The van der Waals surface area contributed by atoms with Crippen molar-refractivity contribution in [3.8, 4) is 0 Å². The molecule has 0 bridgehead atoms. The van der Waals surface area contributed by atoms with Crippen molar-refractivity contribution >= 4 is 11.7 Å². The number of urea groups is 1. The Balaban J connectivity index is 2.32. The Labute approximate surface area is 119 Å². The van der Waals surface area contributed by atoms with Crippen LogP contribution in [0.4, 0.5) is 14.9 Å². The number of nitrogens with one attached hydrogen (secondary N) is 2. The maximum absolute atomic E-state index is 13.1. The number of aliphatic hydroxyl groups is 1. The zero-order valence-corrected chi connectivity index (χ0v) is 12.3. The Kier molecular flexibility index (Phi) is 5.95. The van der Waals surface area contributed by atoms with Gasteiger partial charge in [-0.1, -0.05) is 13.8 Å². The highest BCUT2D eigenvalue weighted by Gasteiger charge is 2.15. The number of carbonyl (C=O) groups excluding carboxylic acids is 1. The van der Waals surface area contributed by atoms with E-state index < -0.39 is 0 Å². The Morgan fingerprint density at radius 2 is 2.10 bits per heavy atom. The molecule has 0 aromatic heterocycles. The second-order valence-electron chi connectivity index (χ2n) is 5.77. The maximum atomic E-state index is 13.1. The molecule has 0 aliphatic carbocycles. The summed E-state index contributed by atoms with van der Waals surface area (Å²) in [7, 11) is 0. The highest BCUT2D eigenvalue weighted by molar-refractivity contribution is 5.89. The van der Waals surface area contributed by atoms with Gasteiger partial charge in [0.05, 0.1) is 0 Å². The van der Waals surface area contributed by atoms with Crippen LogP contribution in [-0.4, -0.2) is 24.3 Å². The number of hydrogen-bond donors (Lipinski definition) is 3. The van der Waals surface area contributed by atoms with Crippen LogP contribution in [0.5, 0.6) is 0 Å². The molecule has 0 unspecified atom stereocenters. The molecule has 1 aromatic rings. The fourth-order valence-corrected chi connectivity index (χ4v) is 1.75. The van der Waals surface area contributed by atoms with Crippen LogP contribution < -0.4 is 10.6 Å². The molecule has 0 spiro atoms. The van der Waals surface area contributed by atoms with E-state index in [-0.39, 0.29) is 23.9 Å². The number of amides is 2. The Morgan fingerprint density at radius 3 is 2.70 bits per heavy atom. The number of aryl methyl sites for hydroxylation is 1. The van der Waals surface area contributed by atoms with E-state index in [1.165, 1.54) is 12.1 Å². The summed E-state index contributed by atoms with van der Waals surface area (Å²) < 4.78 is 13.1. The maximum Gasteiger partial charge on any atom is 0.319 e. The van der Waals surface area contributed by atoms with Gasteiger partial charge in [0.2, 0.25) is 0 Å². The smallest absolute Gasteiger partial charge is 0.319 e. The number of anilines is 1. The van der Waals surface area contributed by atoms with Crippen molar-refractivity contribution in [1.29, 1.82) is 0 Å². The van der Waals surface area contributed by atoms with Gasteiger partial charge >= 0.3 is 6.03 Å². The lowest BCUT2D eigenvalue weighted by molar-refractivity contribution is 0.148. The van der Waals surface area contributed by atoms with E-state index in [1.807, 2.05) is 13.8 Å². The van der Waals surface area contributed by atoms with E-state index in [2.05, 4.69) is 10.6 Å². The number of rotatable bonds is 6. The number of benzene rings is 1. The van der Waals surface area contributed by atoms with Crippen molar-refractivity contribution in [2.24, 2.45) is 5.41 Å². The second-order valence-corrected chi connectivity index (χ2v) is 5.77. The lowest BCUT2D eigenvalue weighted by Gasteiger charge is -2.21. The van der Waals surface area contributed by atoms with Gasteiger partial charge in [0.15, 0.2) is 0 Å². The second kappa shape index (κ2) is 7.24. The van der Waals surface area contributed by atoms with Crippen molar-refractivity contribution in [2.75, 3.05) is 18.5 Å². The predicted octanol–water partition coefficient (Wildman–Crippen LogP) is 3.05. The average Bonchev–Trinajstić information content (AvgIpc) is 2.39. The average molecular weight is 282 g/mol. The highest BCUT2D eigenvalue weighted by Crippen LogP contribution is 2.20. The number of hydrogen-bond acceptors (Lipinski definition) is 2. The van der Waals surface area contributed by atoms with E-state index in [1.54, 1.807) is 13.0 Å². The van der Waals surface area contributed by atoms with Gasteiger partial charge in [-0.25, -0.2) is 9.18 Å². The lowest BCUT2D eigenvalue weighted by atomic mass is 9.89. The van der Waals surface area contributed by atoms with E-state index in [4.69, 9.17) is 5.11 Å². The first-order valence-corrected chi connectivity index (χ1v) is 6.76. The molecule has 0 saturated carbocycles. The summed E-state index contributed by atoms with van der Waals surface area (Å²) in [5, 5.41) is 14.5. The topological polar surface area (TPSA) is 61.4 Å². The normalized spacial score (nSPS) is 11.2. The van der Waals surface area contributed by atoms with Crippen molar-refractivity contribution in [3.05, 3.63) is 29.6 Å². The molecule has 0 aliphatic rings. The van der Waals surface area contributed by atoms with Crippen molar-refractivity contribution in [3.63, 3.8) is 0 Å². The number of halogens is 1. The van der Waals surface area contributed by atoms with Gasteiger partial charge in [-0.05, 0) is 48.9 Å². The molecule has 0 heterocycles. The van der Waals surface area contributed by atoms with E-state index in [0.29, 0.717) is 17.8 Å². The molecule has 0 saturated heterocycles. The Hall–Kier alpha value is -1.62. The Bertz CT molecular complexity index is 461. The minimum Gasteiger partial charge on any atom is -0.396 e. The van der Waals surface area contributed by atoms with E-state index in [9.17, 15) is 9.18 Å². The van der Waals surface area contributed by atoms with Crippen LogP contribution >= 0.6 is 0 Å². The van der Waals surface area contributed by atoms with E-state index >= 15 is 0 Å². The van der Waals surface area contributed by atoms with Gasteiger partial charge in [-0.3, -0.25) is 0 Å². The van der Waals surface area contributed by atoms with E-state index in [0.717, 1.165) is 12.8 Å². The molecule has 1 rings (SSSR count). The number of aliphatic hydroxyl groups excluding tert-OH is 1. The van der Waals surface area contributed by atoms with Crippen LogP contribution in [0.3, 0.4) is 0 Å². The quantitative estimate of drug-likeness (QED) is 0.702. The van der Waals surface area contributed by atoms with Crippen molar-refractivity contribution in [2.45, 2.75) is 33.6 Å². The first-order chi connectivity index (χ1) is 9.34. The zero-order chi connectivity index (χ0) is 15.2. The zero-order valence-electron chi connectivity index (χ0n) is 12.3. The summed E-state index contributed by atoms with van der Waals surface area (Å²) >= 11 is 0. The monoisotopic (exact) mass is 282 g/mol. The standard InChI is InChI=1S/C15H23FN2O2/c1-11-9-12(5-6-13(11)16)18-14(20)17-8-4-7-15(2,3)10-19/h5-6,9,19H,4,7-8,10H2,1-3H3,(H2,17,18,20). The van der Waals surface area contributed by atoms with Crippen LogP contribution in [0.15, 0.2) is 18.2 Å². The molecule has 20 heavy (non-hydrogen) atoms. The molecule has 112 valence electrons. The van der Waals surface area contributed by atoms with Crippen LogP contribution in [-0.2, 0) is 0 Å². The number of carbonyl (C=O) groups is 1. The lowest BCUT2D eigenvalue weighted by Crippen LogP contribution is -2.30. The van der Waals surface area contributed by atoms with Gasteiger partial charge in [0.25, 0.3) is 0 Å². The third-order valence-corrected chi connectivity index (χ3v) is 3.16. The van der Waals surface area contributed by atoms with Gasteiger partial charge in [0.1, 0.15) is 5.82 Å². The van der Waals surface area contributed by atoms with Crippen molar-refractivity contribution in [1.82, 2.24) is 5.32 Å². The van der Waals surface area contributed by atoms with Gasteiger partial charge < -0.3 is 15.7 Å². The molecule has 4 nitrogen and oxygen atoms in total. The predicted molar refractivity (Wildman–Crippen MR) is 78.3 cm³/mol. The van der Waals surface area contributed by atoms with Crippen molar-refractivity contribution < 1.29 is 14.3 Å². The van der Waals surface area contributed by atoms with Gasteiger partial charge in [0, 0.05) is 18.8 Å². The fraction of sp³-hybridized carbons (Fsp3) is 0.533. The molecule has 0 aliphatic heterocycles. The first-order valence-electron chi connectivity index (χ1n) is 6.76. The van der Waals surface area contributed by atoms with Crippen LogP contribution in [0.2, 0.25) is 0 Å². The van der Waals surface area contributed by atoms with Crippen LogP contribution in [0.1, 0.15) is 32.3 Å². The molecule has 1 aromatic carbocycles. The highest BCUT2D eigenvalue weighted by atomic mass is 19.1. The summed E-state index contributed by atoms with van der Waals surface area (Å²) in [6.45, 7) is 6.28.